The van der Waals surface area contributed by atoms with Crippen LogP contribution in [0.15, 0.2) is 54.6 Å². The van der Waals surface area contributed by atoms with Gasteiger partial charge in [0.1, 0.15) is 5.78 Å². The van der Waals surface area contributed by atoms with Crippen LogP contribution in [0.25, 0.3) is 0 Å². The van der Waals surface area contributed by atoms with Crippen molar-refractivity contribution in [2.75, 3.05) is 0 Å². The summed E-state index contributed by atoms with van der Waals surface area (Å²) in [5.74, 6) is 0.142. The smallest absolute Gasteiger partial charge is 0.193 e. The minimum Gasteiger partial charge on any atom is -0.305 e. The molecule has 3 nitrogen and oxygen atoms in total. The van der Waals surface area contributed by atoms with Gasteiger partial charge in [-0.05, 0) is 18.9 Å². The molecule has 0 bridgehead atoms. The average molecular weight is 309 g/mol. The van der Waals surface area contributed by atoms with Crippen molar-refractivity contribution in [3.8, 4) is 0 Å². The van der Waals surface area contributed by atoms with Crippen molar-refractivity contribution in [2.45, 2.75) is 39.3 Å². The molecule has 0 aliphatic rings. The number of ketones is 2. The Balaban J connectivity index is 2.10. The molecule has 1 atom stereocenters. The van der Waals surface area contributed by atoms with E-state index >= 15 is 0 Å². The lowest BCUT2D eigenvalue weighted by Gasteiger charge is -2.18. The molecule has 0 aromatic heterocycles. The zero-order valence-electron chi connectivity index (χ0n) is 13.9. The van der Waals surface area contributed by atoms with Crippen molar-refractivity contribution < 1.29 is 9.59 Å². The molecule has 23 heavy (non-hydrogen) atoms. The van der Waals surface area contributed by atoms with Crippen LogP contribution in [0.2, 0.25) is 0 Å². The van der Waals surface area contributed by atoms with Crippen LogP contribution in [-0.2, 0) is 11.2 Å². The summed E-state index contributed by atoms with van der Waals surface area (Å²) in [5.41, 5.74) is 2.39. The summed E-state index contributed by atoms with van der Waals surface area (Å²) in [7, 11) is 0. The topological polar surface area (TPSA) is 46.2 Å². The molecule has 0 radical (unpaired) electrons. The van der Waals surface area contributed by atoms with E-state index in [2.05, 4.69) is 5.32 Å². The second kappa shape index (κ2) is 7.84. The van der Waals surface area contributed by atoms with Gasteiger partial charge >= 0.3 is 0 Å². The van der Waals surface area contributed by atoms with Crippen molar-refractivity contribution >= 4 is 11.6 Å². The van der Waals surface area contributed by atoms with E-state index in [-0.39, 0.29) is 23.7 Å². The lowest BCUT2D eigenvalue weighted by molar-refractivity contribution is -0.119. The van der Waals surface area contributed by atoms with E-state index in [9.17, 15) is 9.59 Å². The molecule has 1 unspecified atom stereocenters. The highest BCUT2D eigenvalue weighted by atomic mass is 16.1. The van der Waals surface area contributed by atoms with E-state index in [1.165, 1.54) is 0 Å². The molecule has 0 amide bonds. The maximum absolute atomic E-state index is 12.4. The third-order valence-electron chi connectivity index (χ3n) is 3.72. The Morgan fingerprint density at radius 3 is 2.00 bits per heavy atom. The number of carbonyl (C=O) groups is 2. The highest BCUT2D eigenvalue weighted by Gasteiger charge is 2.16. The van der Waals surface area contributed by atoms with Gasteiger partial charge in [0.2, 0.25) is 0 Å². The molecule has 0 spiro atoms. The molecular weight excluding hydrogens is 286 g/mol. The maximum atomic E-state index is 12.4. The SMILES string of the molecule is CC(=O)C(Cc1ccc(C(=O)c2ccccc2)cc1)NC(C)C. The fraction of sp³-hybridized carbons (Fsp3) is 0.300. The van der Waals surface area contributed by atoms with E-state index in [1.54, 1.807) is 6.92 Å². The minimum absolute atomic E-state index is 0.0144. The third kappa shape index (κ3) is 4.86. The Labute approximate surface area is 137 Å². The van der Waals surface area contributed by atoms with Crippen LogP contribution in [0, 0.1) is 0 Å². The van der Waals surface area contributed by atoms with Crippen molar-refractivity contribution in [1.82, 2.24) is 5.32 Å². The first kappa shape index (κ1) is 17.1. The van der Waals surface area contributed by atoms with Gasteiger partial charge in [0.15, 0.2) is 5.78 Å². The Morgan fingerprint density at radius 1 is 0.913 bits per heavy atom. The molecule has 120 valence electrons. The zero-order chi connectivity index (χ0) is 16.8. The van der Waals surface area contributed by atoms with Crippen LogP contribution in [0.3, 0.4) is 0 Å². The summed E-state index contributed by atoms with van der Waals surface area (Å²) in [6.07, 6.45) is 0.632. The van der Waals surface area contributed by atoms with Crippen molar-refractivity contribution in [2.24, 2.45) is 0 Å². The summed E-state index contributed by atoms with van der Waals surface area (Å²) in [6, 6.07) is 16.8. The third-order valence-corrected chi connectivity index (χ3v) is 3.72. The highest BCUT2D eigenvalue weighted by molar-refractivity contribution is 6.08. The predicted octanol–water partition coefficient (Wildman–Crippen LogP) is 3.42. The zero-order valence-corrected chi connectivity index (χ0v) is 13.9. The van der Waals surface area contributed by atoms with Gasteiger partial charge in [0, 0.05) is 17.2 Å². The van der Waals surface area contributed by atoms with Crippen molar-refractivity contribution in [3.05, 3.63) is 71.3 Å². The second-order valence-electron chi connectivity index (χ2n) is 6.08. The predicted molar refractivity (Wildman–Crippen MR) is 92.8 cm³/mol. The van der Waals surface area contributed by atoms with Gasteiger partial charge in [-0.25, -0.2) is 0 Å². The molecule has 0 fully saturated rings. The van der Waals surface area contributed by atoms with Gasteiger partial charge in [0.05, 0.1) is 6.04 Å². The van der Waals surface area contributed by atoms with Gasteiger partial charge < -0.3 is 5.32 Å². The number of nitrogens with one attached hydrogen (secondary N) is 1. The Morgan fingerprint density at radius 2 is 1.48 bits per heavy atom. The van der Waals surface area contributed by atoms with Crippen molar-refractivity contribution in [1.29, 1.82) is 0 Å². The van der Waals surface area contributed by atoms with Gasteiger partial charge in [-0.3, -0.25) is 9.59 Å². The normalized spacial score (nSPS) is 12.2. The molecule has 1 N–H and O–H groups in total. The molecular formula is C20H23NO2. The fourth-order valence-corrected chi connectivity index (χ4v) is 2.51. The number of hydrogen-bond donors (Lipinski definition) is 1. The molecule has 0 saturated carbocycles. The standard InChI is InChI=1S/C20H23NO2/c1-14(2)21-19(15(3)22)13-16-9-11-18(12-10-16)20(23)17-7-5-4-6-8-17/h4-12,14,19,21H,13H2,1-3H3. The molecule has 2 aromatic rings. The number of carbonyl (C=O) groups excluding carboxylic acids is 2. The van der Waals surface area contributed by atoms with Gasteiger partial charge in [0.25, 0.3) is 0 Å². The number of hydrogen-bond acceptors (Lipinski definition) is 3. The first-order valence-electron chi connectivity index (χ1n) is 7.92. The monoisotopic (exact) mass is 309 g/mol. The van der Waals surface area contributed by atoms with Gasteiger partial charge in [-0.1, -0.05) is 68.4 Å². The van der Waals surface area contributed by atoms with Crippen LogP contribution in [0.4, 0.5) is 0 Å². The van der Waals surface area contributed by atoms with Crippen molar-refractivity contribution in [3.63, 3.8) is 0 Å². The van der Waals surface area contributed by atoms with Crippen LogP contribution in [0.1, 0.15) is 42.3 Å². The van der Waals surface area contributed by atoms with E-state index < -0.39 is 0 Å². The van der Waals surface area contributed by atoms with Crippen LogP contribution >= 0.6 is 0 Å². The summed E-state index contributed by atoms with van der Waals surface area (Å²) >= 11 is 0. The molecule has 0 heterocycles. The van der Waals surface area contributed by atoms with Crippen LogP contribution in [0.5, 0.6) is 0 Å². The largest absolute Gasteiger partial charge is 0.305 e. The molecule has 0 aliphatic carbocycles. The Kier molecular flexibility index (Phi) is 5.83. The quantitative estimate of drug-likeness (QED) is 0.797. The fourth-order valence-electron chi connectivity index (χ4n) is 2.51. The first-order chi connectivity index (χ1) is 11.0. The Bertz CT molecular complexity index is 660. The van der Waals surface area contributed by atoms with E-state index in [0.29, 0.717) is 17.5 Å². The number of rotatable bonds is 7. The second-order valence-corrected chi connectivity index (χ2v) is 6.08. The minimum atomic E-state index is -0.189. The van der Waals surface area contributed by atoms with Crippen LogP contribution < -0.4 is 5.32 Å². The molecule has 3 heteroatoms. The molecule has 2 rings (SSSR count). The summed E-state index contributed by atoms with van der Waals surface area (Å²) < 4.78 is 0. The van der Waals surface area contributed by atoms with Gasteiger partial charge in [-0.2, -0.15) is 0 Å². The highest BCUT2D eigenvalue weighted by Crippen LogP contribution is 2.12. The number of benzene rings is 2. The Hall–Kier alpha value is -2.26. The maximum Gasteiger partial charge on any atom is 0.193 e. The van der Waals surface area contributed by atoms with E-state index in [0.717, 1.165) is 5.56 Å². The lowest BCUT2D eigenvalue weighted by Crippen LogP contribution is -2.41. The first-order valence-corrected chi connectivity index (χ1v) is 7.92. The lowest BCUT2D eigenvalue weighted by atomic mass is 9.98. The molecule has 0 aliphatic heterocycles. The van der Waals surface area contributed by atoms with E-state index in [4.69, 9.17) is 0 Å². The number of Topliss-reactive ketones (excluding diaryl/α,β-unsaturated/α-hetero) is 1. The van der Waals surface area contributed by atoms with E-state index in [1.807, 2.05) is 68.4 Å². The average Bonchev–Trinajstić information content (AvgIpc) is 2.54. The molecule has 2 aromatic carbocycles. The summed E-state index contributed by atoms with van der Waals surface area (Å²) in [6.45, 7) is 5.66. The molecule has 0 saturated heterocycles. The summed E-state index contributed by atoms with van der Waals surface area (Å²) in [4.78, 5) is 24.1. The van der Waals surface area contributed by atoms with Gasteiger partial charge in [-0.15, -0.1) is 0 Å². The summed E-state index contributed by atoms with van der Waals surface area (Å²) in [5, 5.41) is 3.27. The van der Waals surface area contributed by atoms with Crippen LogP contribution in [-0.4, -0.2) is 23.7 Å².